The Labute approximate surface area is 131 Å². The van der Waals surface area contributed by atoms with E-state index in [1.54, 1.807) is 0 Å². The third-order valence-corrected chi connectivity index (χ3v) is 4.37. The van der Waals surface area contributed by atoms with Crippen molar-refractivity contribution in [2.75, 3.05) is 33.2 Å². The minimum atomic E-state index is 0.0713. The van der Waals surface area contributed by atoms with Gasteiger partial charge in [-0.25, -0.2) is 0 Å². The van der Waals surface area contributed by atoms with Crippen molar-refractivity contribution in [3.05, 3.63) is 34.9 Å². The first kappa shape index (κ1) is 16.3. The number of carbonyl (C=O) groups is 1. The van der Waals surface area contributed by atoms with E-state index in [4.69, 9.17) is 11.6 Å². The molecule has 2 rings (SSSR count). The first-order valence-corrected chi connectivity index (χ1v) is 7.94. The van der Waals surface area contributed by atoms with Crippen LogP contribution in [0.1, 0.15) is 18.4 Å². The second-order valence-electron chi connectivity index (χ2n) is 5.65. The molecule has 0 aliphatic carbocycles. The number of halogens is 1. The van der Waals surface area contributed by atoms with E-state index < -0.39 is 0 Å². The fourth-order valence-electron chi connectivity index (χ4n) is 2.73. The number of hydrogen-bond acceptors (Lipinski definition) is 3. The summed E-state index contributed by atoms with van der Waals surface area (Å²) in [5, 5.41) is 6.87. The standard InChI is InChI=1S/C16H24ClN3O/c1-18-10-13-6-8-20(9-7-13)12-16(21)19-11-14-4-2-3-5-15(14)17/h2-5,13,18H,6-12H2,1H3,(H,19,21). The van der Waals surface area contributed by atoms with Gasteiger partial charge in [0.15, 0.2) is 0 Å². The Hall–Kier alpha value is -1.10. The zero-order valence-electron chi connectivity index (χ0n) is 12.6. The van der Waals surface area contributed by atoms with Crippen LogP contribution in [-0.4, -0.2) is 44.0 Å². The molecule has 0 unspecified atom stereocenters. The number of rotatable bonds is 6. The summed E-state index contributed by atoms with van der Waals surface area (Å²) < 4.78 is 0. The van der Waals surface area contributed by atoms with Gasteiger partial charge in [-0.15, -0.1) is 0 Å². The van der Waals surface area contributed by atoms with Crippen molar-refractivity contribution in [2.24, 2.45) is 5.92 Å². The summed E-state index contributed by atoms with van der Waals surface area (Å²) in [6.07, 6.45) is 2.33. The van der Waals surface area contributed by atoms with Gasteiger partial charge >= 0.3 is 0 Å². The van der Waals surface area contributed by atoms with Gasteiger partial charge in [-0.1, -0.05) is 29.8 Å². The normalized spacial score (nSPS) is 16.9. The van der Waals surface area contributed by atoms with Crippen molar-refractivity contribution in [2.45, 2.75) is 19.4 Å². The van der Waals surface area contributed by atoms with Crippen LogP contribution in [0.25, 0.3) is 0 Å². The monoisotopic (exact) mass is 309 g/mol. The topological polar surface area (TPSA) is 44.4 Å². The number of nitrogens with zero attached hydrogens (tertiary/aromatic N) is 1. The third-order valence-electron chi connectivity index (χ3n) is 4.00. The molecule has 0 aromatic heterocycles. The predicted molar refractivity (Wildman–Crippen MR) is 86.4 cm³/mol. The number of piperidine rings is 1. The van der Waals surface area contributed by atoms with Crippen LogP contribution in [0, 0.1) is 5.92 Å². The lowest BCUT2D eigenvalue weighted by molar-refractivity contribution is -0.122. The van der Waals surface area contributed by atoms with Crippen LogP contribution >= 0.6 is 11.6 Å². The molecule has 0 atom stereocenters. The third kappa shape index (κ3) is 5.30. The fourth-order valence-corrected chi connectivity index (χ4v) is 2.93. The molecule has 116 valence electrons. The molecule has 1 aromatic rings. The molecule has 5 heteroatoms. The fraction of sp³-hybridized carbons (Fsp3) is 0.562. The number of amides is 1. The number of carbonyl (C=O) groups excluding carboxylic acids is 1. The molecule has 1 heterocycles. The van der Waals surface area contributed by atoms with E-state index in [1.807, 2.05) is 31.3 Å². The van der Waals surface area contributed by atoms with E-state index in [0.29, 0.717) is 18.1 Å². The molecular formula is C16H24ClN3O. The SMILES string of the molecule is CNCC1CCN(CC(=O)NCc2ccccc2Cl)CC1. The molecule has 1 saturated heterocycles. The molecule has 4 nitrogen and oxygen atoms in total. The van der Waals surface area contributed by atoms with Crippen LogP contribution < -0.4 is 10.6 Å². The largest absolute Gasteiger partial charge is 0.351 e. The zero-order valence-corrected chi connectivity index (χ0v) is 13.3. The lowest BCUT2D eigenvalue weighted by atomic mass is 9.97. The maximum Gasteiger partial charge on any atom is 0.234 e. The van der Waals surface area contributed by atoms with Gasteiger partial charge < -0.3 is 10.6 Å². The van der Waals surface area contributed by atoms with E-state index in [-0.39, 0.29) is 5.91 Å². The molecule has 1 aliphatic rings. The minimum Gasteiger partial charge on any atom is -0.351 e. The van der Waals surface area contributed by atoms with E-state index in [9.17, 15) is 4.79 Å². The van der Waals surface area contributed by atoms with Crippen LogP contribution in [-0.2, 0) is 11.3 Å². The van der Waals surface area contributed by atoms with E-state index in [0.717, 1.165) is 31.1 Å². The quantitative estimate of drug-likeness (QED) is 0.843. The first-order chi connectivity index (χ1) is 10.2. The highest BCUT2D eigenvalue weighted by molar-refractivity contribution is 6.31. The van der Waals surface area contributed by atoms with Crippen LogP contribution in [0.4, 0.5) is 0 Å². The second-order valence-corrected chi connectivity index (χ2v) is 6.05. The van der Waals surface area contributed by atoms with Crippen molar-refractivity contribution in [1.82, 2.24) is 15.5 Å². The molecule has 1 amide bonds. The molecule has 2 N–H and O–H groups in total. The summed E-state index contributed by atoms with van der Waals surface area (Å²) in [5.74, 6) is 0.819. The van der Waals surface area contributed by atoms with E-state index in [1.165, 1.54) is 12.8 Å². The van der Waals surface area contributed by atoms with Crippen LogP contribution in [0.2, 0.25) is 5.02 Å². The van der Waals surface area contributed by atoms with Crippen molar-refractivity contribution in [3.8, 4) is 0 Å². The van der Waals surface area contributed by atoms with Crippen molar-refractivity contribution in [3.63, 3.8) is 0 Å². The molecule has 0 bridgehead atoms. The number of benzene rings is 1. The average molecular weight is 310 g/mol. The summed E-state index contributed by atoms with van der Waals surface area (Å²) in [4.78, 5) is 14.2. The molecular weight excluding hydrogens is 286 g/mol. The highest BCUT2D eigenvalue weighted by Crippen LogP contribution is 2.16. The number of hydrogen-bond donors (Lipinski definition) is 2. The minimum absolute atomic E-state index is 0.0713. The van der Waals surface area contributed by atoms with Crippen molar-refractivity contribution < 1.29 is 4.79 Å². The van der Waals surface area contributed by atoms with E-state index >= 15 is 0 Å². The lowest BCUT2D eigenvalue weighted by Gasteiger charge is -2.31. The Morgan fingerprint density at radius 2 is 2.05 bits per heavy atom. The van der Waals surface area contributed by atoms with Gasteiger partial charge in [-0.2, -0.15) is 0 Å². The number of likely N-dealkylation sites (tertiary alicyclic amines) is 1. The summed E-state index contributed by atoms with van der Waals surface area (Å²) in [6, 6.07) is 7.60. The molecule has 1 aliphatic heterocycles. The van der Waals surface area contributed by atoms with Gasteiger partial charge in [-0.3, -0.25) is 9.69 Å². The van der Waals surface area contributed by atoms with Gasteiger partial charge in [0.05, 0.1) is 6.54 Å². The van der Waals surface area contributed by atoms with E-state index in [2.05, 4.69) is 15.5 Å². The maximum absolute atomic E-state index is 12.0. The highest BCUT2D eigenvalue weighted by Gasteiger charge is 2.20. The zero-order chi connectivity index (χ0) is 15.1. The molecule has 0 spiro atoms. The Bertz CT molecular complexity index is 459. The second kappa shape index (κ2) is 8.37. The van der Waals surface area contributed by atoms with Gasteiger partial charge in [-0.05, 0) is 57.1 Å². The first-order valence-electron chi connectivity index (χ1n) is 7.56. The maximum atomic E-state index is 12.0. The van der Waals surface area contributed by atoms with Crippen molar-refractivity contribution >= 4 is 17.5 Å². The van der Waals surface area contributed by atoms with Crippen LogP contribution in [0.5, 0.6) is 0 Å². The Kier molecular flexibility index (Phi) is 6.49. The van der Waals surface area contributed by atoms with Gasteiger partial charge in [0.2, 0.25) is 5.91 Å². The van der Waals surface area contributed by atoms with Crippen molar-refractivity contribution in [1.29, 1.82) is 0 Å². The summed E-state index contributed by atoms with van der Waals surface area (Å²) in [7, 11) is 1.99. The molecule has 1 aromatic carbocycles. The smallest absolute Gasteiger partial charge is 0.234 e. The van der Waals surface area contributed by atoms with Gasteiger partial charge in [0.25, 0.3) is 0 Å². The molecule has 1 fully saturated rings. The summed E-state index contributed by atoms with van der Waals surface area (Å²) >= 11 is 6.08. The number of nitrogens with one attached hydrogen (secondary N) is 2. The summed E-state index contributed by atoms with van der Waals surface area (Å²) in [6.45, 7) is 4.07. The predicted octanol–water partition coefficient (Wildman–Crippen LogP) is 1.89. The van der Waals surface area contributed by atoms with Crippen LogP contribution in [0.3, 0.4) is 0 Å². The molecule has 21 heavy (non-hydrogen) atoms. The Morgan fingerprint density at radius 1 is 1.33 bits per heavy atom. The molecule has 0 saturated carbocycles. The molecule has 0 radical (unpaired) electrons. The Balaban J connectivity index is 1.70. The lowest BCUT2D eigenvalue weighted by Crippen LogP contribution is -2.42. The summed E-state index contributed by atoms with van der Waals surface area (Å²) in [5.41, 5.74) is 0.959. The Morgan fingerprint density at radius 3 is 2.71 bits per heavy atom. The van der Waals surface area contributed by atoms with Crippen LogP contribution in [0.15, 0.2) is 24.3 Å². The van der Waals surface area contributed by atoms with Gasteiger partial charge in [0.1, 0.15) is 0 Å². The average Bonchev–Trinajstić information content (AvgIpc) is 2.49. The highest BCUT2D eigenvalue weighted by atomic mass is 35.5. The van der Waals surface area contributed by atoms with Gasteiger partial charge in [0, 0.05) is 11.6 Å².